The first kappa shape index (κ1) is 25.8. The highest BCUT2D eigenvalue weighted by Gasteiger charge is 2.32. The van der Waals surface area contributed by atoms with Crippen LogP contribution in [0.3, 0.4) is 0 Å². The lowest BCUT2D eigenvalue weighted by molar-refractivity contribution is -0.126. The summed E-state index contributed by atoms with van der Waals surface area (Å²) in [5, 5.41) is 3.06. The van der Waals surface area contributed by atoms with Gasteiger partial charge >= 0.3 is 0 Å². The molecule has 2 aliphatic rings. The van der Waals surface area contributed by atoms with Crippen LogP contribution in [0.25, 0.3) is 0 Å². The van der Waals surface area contributed by atoms with Crippen molar-refractivity contribution in [3.05, 3.63) is 18.2 Å². The van der Waals surface area contributed by atoms with Crippen molar-refractivity contribution < 1.29 is 22.7 Å². The number of benzene rings is 1. The molecule has 1 aromatic rings. The molecule has 186 valence electrons. The second-order valence-corrected chi connectivity index (χ2v) is 11.2. The zero-order valence-electron chi connectivity index (χ0n) is 20.2. The van der Waals surface area contributed by atoms with Gasteiger partial charge in [-0.2, -0.15) is 4.31 Å². The third-order valence-electron chi connectivity index (χ3n) is 6.76. The molecule has 0 saturated carbocycles. The minimum absolute atomic E-state index is 0.0461. The number of piperidine rings is 2. The smallest absolute Gasteiger partial charge is 0.243 e. The number of carbonyl (C=O) groups excluding carboxylic acids is 1. The van der Waals surface area contributed by atoms with Gasteiger partial charge in [0.1, 0.15) is 0 Å². The Kier molecular flexibility index (Phi) is 9.40. The molecule has 0 aliphatic carbocycles. The summed E-state index contributed by atoms with van der Waals surface area (Å²) in [5.41, 5.74) is 0. The summed E-state index contributed by atoms with van der Waals surface area (Å²) >= 11 is 0. The van der Waals surface area contributed by atoms with Crippen molar-refractivity contribution in [1.29, 1.82) is 0 Å². The van der Waals surface area contributed by atoms with E-state index in [0.29, 0.717) is 44.0 Å². The fraction of sp³-hybridized carbons (Fsp3) is 0.708. The normalized spacial score (nSPS) is 21.0. The van der Waals surface area contributed by atoms with Crippen LogP contribution in [0.5, 0.6) is 11.5 Å². The van der Waals surface area contributed by atoms with Gasteiger partial charge < -0.3 is 19.7 Å². The number of likely N-dealkylation sites (tertiary alicyclic amines) is 1. The van der Waals surface area contributed by atoms with Crippen LogP contribution in [0.2, 0.25) is 0 Å². The van der Waals surface area contributed by atoms with Gasteiger partial charge in [-0.1, -0.05) is 6.92 Å². The topological polar surface area (TPSA) is 88.2 Å². The lowest BCUT2D eigenvalue weighted by Crippen LogP contribution is -2.43. The van der Waals surface area contributed by atoms with Crippen LogP contribution in [0.15, 0.2) is 23.1 Å². The number of hydrogen-bond acceptors (Lipinski definition) is 6. The molecule has 1 amide bonds. The second kappa shape index (κ2) is 12.0. The molecular formula is C24H39N3O5S. The Morgan fingerprint density at radius 2 is 1.79 bits per heavy atom. The lowest BCUT2D eigenvalue weighted by atomic mass is 9.97. The maximum Gasteiger partial charge on any atom is 0.243 e. The van der Waals surface area contributed by atoms with Gasteiger partial charge in [-0.25, -0.2) is 8.42 Å². The number of hydrogen-bond donors (Lipinski definition) is 1. The predicted octanol–water partition coefficient (Wildman–Crippen LogP) is 2.73. The van der Waals surface area contributed by atoms with E-state index in [-0.39, 0.29) is 16.7 Å². The van der Waals surface area contributed by atoms with Crippen molar-refractivity contribution >= 4 is 15.9 Å². The number of nitrogens with one attached hydrogen (secondary N) is 1. The number of rotatable bonds is 10. The van der Waals surface area contributed by atoms with Crippen molar-refractivity contribution in [3.8, 4) is 11.5 Å². The third kappa shape index (κ3) is 6.83. The molecule has 9 heteroatoms. The van der Waals surface area contributed by atoms with Gasteiger partial charge in [0, 0.05) is 38.2 Å². The number of methoxy groups -OCH3 is 2. The molecule has 2 heterocycles. The molecule has 1 atom stereocenters. The molecule has 0 bridgehead atoms. The van der Waals surface area contributed by atoms with E-state index in [1.54, 1.807) is 6.07 Å². The molecule has 0 aromatic heterocycles. The van der Waals surface area contributed by atoms with Gasteiger partial charge in [0.05, 0.1) is 19.1 Å². The molecule has 2 fully saturated rings. The van der Waals surface area contributed by atoms with Crippen molar-refractivity contribution in [2.24, 2.45) is 11.8 Å². The van der Waals surface area contributed by atoms with Crippen LogP contribution in [0.4, 0.5) is 0 Å². The summed E-state index contributed by atoms with van der Waals surface area (Å²) in [6.07, 6.45) is 5.76. The summed E-state index contributed by atoms with van der Waals surface area (Å²) in [6.45, 7) is 7.16. The zero-order valence-corrected chi connectivity index (χ0v) is 21.0. The quantitative estimate of drug-likeness (QED) is 0.517. The second-order valence-electron chi connectivity index (χ2n) is 9.24. The van der Waals surface area contributed by atoms with E-state index in [9.17, 15) is 13.2 Å². The Morgan fingerprint density at radius 1 is 1.06 bits per heavy atom. The van der Waals surface area contributed by atoms with Crippen molar-refractivity contribution in [3.63, 3.8) is 0 Å². The van der Waals surface area contributed by atoms with Crippen LogP contribution in [-0.2, 0) is 14.8 Å². The van der Waals surface area contributed by atoms with E-state index in [2.05, 4.69) is 17.1 Å². The first-order chi connectivity index (χ1) is 15.8. The van der Waals surface area contributed by atoms with Crippen molar-refractivity contribution in [2.75, 3.05) is 53.5 Å². The highest BCUT2D eigenvalue weighted by molar-refractivity contribution is 7.89. The monoisotopic (exact) mass is 481 g/mol. The average Bonchev–Trinajstić information content (AvgIpc) is 2.83. The molecule has 8 nitrogen and oxygen atoms in total. The molecule has 2 saturated heterocycles. The fourth-order valence-corrected chi connectivity index (χ4v) is 6.28. The van der Waals surface area contributed by atoms with Crippen molar-refractivity contribution in [2.45, 2.75) is 50.3 Å². The largest absolute Gasteiger partial charge is 0.493 e. The fourth-order valence-electron chi connectivity index (χ4n) is 4.79. The maximum atomic E-state index is 13.1. The molecule has 1 aromatic carbocycles. The number of sulfonamides is 1. The Balaban J connectivity index is 1.41. The zero-order chi connectivity index (χ0) is 23.8. The summed E-state index contributed by atoms with van der Waals surface area (Å²) < 4.78 is 38.0. The van der Waals surface area contributed by atoms with Gasteiger partial charge in [0.2, 0.25) is 15.9 Å². The summed E-state index contributed by atoms with van der Waals surface area (Å²) in [6, 6.07) is 4.61. The molecule has 0 radical (unpaired) electrons. The van der Waals surface area contributed by atoms with Crippen LogP contribution >= 0.6 is 0 Å². The highest BCUT2D eigenvalue weighted by atomic mass is 32.2. The average molecular weight is 482 g/mol. The molecule has 1 unspecified atom stereocenters. The van der Waals surface area contributed by atoms with Crippen LogP contribution in [0.1, 0.15) is 45.4 Å². The van der Waals surface area contributed by atoms with E-state index in [1.165, 1.54) is 56.6 Å². The maximum absolute atomic E-state index is 13.1. The highest BCUT2D eigenvalue weighted by Crippen LogP contribution is 2.32. The molecule has 2 aliphatic heterocycles. The van der Waals surface area contributed by atoms with Crippen molar-refractivity contribution in [1.82, 2.24) is 14.5 Å². The standard InChI is InChI=1S/C24H39N3O5S/c1-19-7-6-14-26(18-19)13-5-4-12-25-24(28)20-10-15-27(16-11-20)33(29,30)21-8-9-22(31-2)23(17-21)32-3/h8-9,17,19-20H,4-7,10-16,18H2,1-3H3,(H,25,28). The van der Waals surface area contributed by atoms with Gasteiger partial charge in [-0.3, -0.25) is 4.79 Å². The van der Waals surface area contributed by atoms with E-state index in [0.717, 1.165) is 25.3 Å². The minimum Gasteiger partial charge on any atom is -0.493 e. The minimum atomic E-state index is -3.65. The molecule has 1 N–H and O–H groups in total. The molecule has 33 heavy (non-hydrogen) atoms. The Labute approximate surface area is 198 Å². The van der Waals surface area contributed by atoms with Gasteiger partial charge in [-0.05, 0) is 69.7 Å². The number of amides is 1. The molecule has 3 rings (SSSR count). The first-order valence-electron chi connectivity index (χ1n) is 12.1. The van der Waals surface area contributed by atoms with Crippen LogP contribution < -0.4 is 14.8 Å². The van der Waals surface area contributed by atoms with E-state index in [4.69, 9.17) is 9.47 Å². The number of unbranched alkanes of at least 4 members (excludes halogenated alkanes) is 1. The van der Waals surface area contributed by atoms with Gasteiger partial charge in [0.25, 0.3) is 0 Å². The predicted molar refractivity (Wildman–Crippen MR) is 128 cm³/mol. The van der Waals surface area contributed by atoms with Crippen LogP contribution in [0, 0.1) is 11.8 Å². The number of nitrogens with zero attached hydrogens (tertiary/aromatic N) is 2. The lowest BCUT2D eigenvalue weighted by Gasteiger charge is -2.31. The first-order valence-corrected chi connectivity index (χ1v) is 13.5. The SMILES string of the molecule is COc1ccc(S(=O)(=O)N2CCC(C(=O)NCCCCN3CCCC(C)C3)CC2)cc1OC. The summed E-state index contributed by atoms with van der Waals surface area (Å²) in [4.78, 5) is 15.3. The van der Waals surface area contributed by atoms with Gasteiger partial charge in [0.15, 0.2) is 11.5 Å². The number of carbonyl (C=O) groups is 1. The Bertz CT molecular complexity index is 884. The Hall–Kier alpha value is -1.84. The summed E-state index contributed by atoms with van der Waals surface area (Å²) in [7, 11) is -0.657. The van der Waals surface area contributed by atoms with Gasteiger partial charge in [-0.15, -0.1) is 0 Å². The van der Waals surface area contributed by atoms with E-state index >= 15 is 0 Å². The third-order valence-corrected chi connectivity index (χ3v) is 8.65. The van der Waals surface area contributed by atoms with E-state index < -0.39 is 10.0 Å². The Morgan fingerprint density at radius 3 is 2.45 bits per heavy atom. The summed E-state index contributed by atoms with van der Waals surface area (Å²) in [5.74, 6) is 1.56. The number of ether oxygens (including phenoxy) is 2. The van der Waals surface area contributed by atoms with Crippen LogP contribution in [-0.4, -0.2) is 77.0 Å². The molecule has 0 spiro atoms. The van der Waals surface area contributed by atoms with E-state index in [1.807, 2.05) is 0 Å². The molecular weight excluding hydrogens is 442 g/mol.